The van der Waals surface area contributed by atoms with Gasteiger partial charge in [-0.25, -0.2) is 4.98 Å². The highest BCUT2D eigenvalue weighted by atomic mass is 79.9. The quantitative estimate of drug-likeness (QED) is 0.932. The normalized spacial score (nSPS) is 12.7. The smallest absolute Gasteiger partial charge is 0.260 e. The largest absolute Gasteiger partial charge is 0.439 e. The Bertz CT molecular complexity index is 525. The van der Waals surface area contributed by atoms with Gasteiger partial charge in [0.15, 0.2) is 0 Å². The maximum atomic E-state index is 9.73. The molecular formula is C12H12BrNO2S. The molecule has 0 saturated heterocycles. The number of oxazole rings is 1. The van der Waals surface area contributed by atoms with Gasteiger partial charge in [0.25, 0.3) is 5.22 Å². The molecule has 0 amide bonds. The van der Waals surface area contributed by atoms with Gasteiger partial charge < -0.3 is 9.52 Å². The van der Waals surface area contributed by atoms with E-state index < -0.39 is 6.10 Å². The summed E-state index contributed by atoms with van der Waals surface area (Å²) in [7, 11) is 0. The minimum Gasteiger partial charge on any atom is -0.439 e. The van der Waals surface area contributed by atoms with E-state index in [0.717, 1.165) is 20.6 Å². The first-order valence-corrected chi connectivity index (χ1v) is 6.74. The van der Waals surface area contributed by atoms with Gasteiger partial charge in [-0.05, 0) is 49.4 Å². The van der Waals surface area contributed by atoms with Crippen LogP contribution in [-0.4, -0.2) is 10.1 Å². The molecule has 1 heterocycles. The van der Waals surface area contributed by atoms with Crippen molar-refractivity contribution in [3.63, 3.8) is 0 Å². The van der Waals surface area contributed by atoms with Crippen molar-refractivity contribution in [1.29, 1.82) is 0 Å². The van der Waals surface area contributed by atoms with E-state index in [1.807, 2.05) is 25.1 Å². The number of rotatable bonds is 3. The number of aromatic nitrogens is 1. The van der Waals surface area contributed by atoms with E-state index in [0.29, 0.717) is 5.22 Å². The van der Waals surface area contributed by atoms with Crippen LogP contribution in [0.3, 0.4) is 0 Å². The van der Waals surface area contributed by atoms with E-state index in [1.165, 1.54) is 11.8 Å². The maximum Gasteiger partial charge on any atom is 0.260 e. The average molecular weight is 314 g/mol. The van der Waals surface area contributed by atoms with Gasteiger partial charge >= 0.3 is 0 Å². The molecule has 0 aliphatic rings. The highest BCUT2D eigenvalue weighted by Crippen LogP contribution is 2.34. The number of aryl methyl sites for hydroxylation is 1. The van der Waals surface area contributed by atoms with Gasteiger partial charge in [0.05, 0.1) is 11.8 Å². The van der Waals surface area contributed by atoms with Crippen molar-refractivity contribution >= 4 is 27.7 Å². The summed E-state index contributed by atoms with van der Waals surface area (Å²) in [5.41, 5.74) is 1.71. The number of nitrogens with zero attached hydrogens (tertiary/aromatic N) is 1. The first kappa shape index (κ1) is 12.7. The van der Waals surface area contributed by atoms with Crippen LogP contribution in [0.15, 0.2) is 43.5 Å². The highest BCUT2D eigenvalue weighted by molar-refractivity contribution is 9.10. The Labute approximate surface area is 112 Å². The second kappa shape index (κ2) is 5.25. The van der Waals surface area contributed by atoms with Crippen LogP contribution in [0, 0.1) is 6.92 Å². The summed E-state index contributed by atoms with van der Waals surface area (Å²) >= 11 is 4.81. The van der Waals surface area contributed by atoms with Gasteiger partial charge in [0.1, 0.15) is 6.26 Å². The third-order valence-corrected chi connectivity index (χ3v) is 3.66. The van der Waals surface area contributed by atoms with Crippen molar-refractivity contribution in [2.75, 3.05) is 0 Å². The van der Waals surface area contributed by atoms with Crippen molar-refractivity contribution in [3.05, 3.63) is 40.2 Å². The monoisotopic (exact) mass is 313 g/mol. The van der Waals surface area contributed by atoms with Crippen LogP contribution in [0.25, 0.3) is 0 Å². The molecule has 90 valence electrons. The molecule has 0 aliphatic heterocycles. The fourth-order valence-corrected chi connectivity index (χ4v) is 2.75. The van der Waals surface area contributed by atoms with Gasteiger partial charge in [-0.15, -0.1) is 0 Å². The van der Waals surface area contributed by atoms with Crippen molar-refractivity contribution in [2.45, 2.75) is 30.1 Å². The van der Waals surface area contributed by atoms with Crippen LogP contribution < -0.4 is 0 Å². The number of aliphatic hydroxyl groups excluding tert-OH is 1. The predicted octanol–water partition coefficient (Wildman–Crippen LogP) is 3.95. The van der Waals surface area contributed by atoms with Crippen LogP contribution in [0.2, 0.25) is 0 Å². The standard InChI is InChI=1S/C12H12BrNO2S/c1-7-6-16-12(14-7)17-11-4-3-9(13)5-10(11)8(2)15/h3-6,8,15H,1-2H3. The molecule has 2 aromatic rings. The van der Waals surface area contributed by atoms with E-state index in [1.54, 1.807) is 13.2 Å². The summed E-state index contributed by atoms with van der Waals surface area (Å²) in [6.07, 6.45) is 1.09. The SMILES string of the molecule is Cc1coc(Sc2ccc(Br)cc2C(C)O)n1. The predicted molar refractivity (Wildman–Crippen MR) is 70.1 cm³/mol. The lowest BCUT2D eigenvalue weighted by Gasteiger charge is -2.10. The topological polar surface area (TPSA) is 46.3 Å². The molecule has 17 heavy (non-hydrogen) atoms. The Morgan fingerprint density at radius 2 is 2.24 bits per heavy atom. The molecule has 1 aromatic heterocycles. The number of aliphatic hydroxyl groups is 1. The Morgan fingerprint density at radius 3 is 2.82 bits per heavy atom. The minimum atomic E-state index is -0.522. The molecule has 1 unspecified atom stereocenters. The molecule has 0 saturated carbocycles. The fourth-order valence-electron chi connectivity index (χ4n) is 1.41. The summed E-state index contributed by atoms with van der Waals surface area (Å²) in [6, 6.07) is 5.78. The summed E-state index contributed by atoms with van der Waals surface area (Å²) < 4.78 is 6.24. The zero-order valence-corrected chi connectivity index (χ0v) is 11.9. The summed E-state index contributed by atoms with van der Waals surface area (Å²) in [5.74, 6) is 0. The van der Waals surface area contributed by atoms with Gasteiger partial charge in [-0.1, -0.05) is 15.9 Å². The van der Waals surface area contributed by atoms with E-state index in [2.05, 4.69) is 20.9 Å². The Kier molecular flexibility index (Phi) is 3.91. The minimum absolute atomic E-state index is 0.522. The van der Waals surface area contributed by atoms with Crippen LogP contribution in [0.4, 0.5) is 0 Å². The van der Waals surface area contributed by atoms with Gasteiger partial charge in [-0.3, -0.25) is 0 Å². The number of halogens is 1. The lowest BCUT2D eigenvalue weighted by atomic mass is 10.1. The lowest BCUT2D eigenvalue weighted by molar-refractivity contribution is 0.196. The van der Waals surface area contributed by atoms with Crippen molar-refractivity contribution in [1.82, 2.24) is 4.98 Å². The summed E-state index contributed by atoms with van der Waals surface area (Å²) in [4.78, 5) is 5.18. The first-order valence-electron chi connectivity index (χ1n) is 5.14. The number of hydrogen-bond acceptors (Lipinski definition) is 4. The Morgan fingerprint density at radius 1 is 1.47 bits per heavy atom. The van der Waals surface area contributed by atoms with Crippen molar-refractivity contribution in [2.24, 2.45) is 0 Å². The van der Waals surface area contributed by atoms with Crippen molar-refractivity contribution < 1.29 is 9.52 Å². The third-order valence-electron chi connectivity index (χ3n) is 2.22. The van der Waals surface area contributed by atoms with Gasteiger partial charge in [-0.2, -0.15) is 0 Å². The molecule has 0 aliphatic carbocycles. The lowest BCUT2D eigenvalue weighted by Crippen LogP contribution is -1.94. The van der Waals surface area contributed by atoms with E-state index >= 15 is 0 Å². The van der Waals surface area contributed by atoms with Gasteiger partial charge in [0.2, 0.25) is 0 Å². The van der Waals surface area contributed by atoms with Crippen LogP contribution >= 0.6 is 27.7 Å². The summed E-state index contributed by atoms with van der Waals surface area (Å²) in [5, 5.41) is 10.3. The molecule has 1 N–H and O–H groups in total. The van der Waals surface area contributed by atoms with Crippen LogP contribution in [-0.2, 0) is 0 Å². The molecule has 3 nitrogen and oxygen atoms in total. The number of benzene rings is 1. The van der Waals surface area contributed by atoms with Crippen LogP contribution in [0.1, 0.15) is 24.3 Å². The molecule has 0 fully saturated rings. The molecular weight excluding hydrogens is 302 g/mol. The maximum absolute atomic E-state index is 9.73. The van der Waals surface area contributed by atoms with E-state index in [9.17, 15) is 5.11 Å². The Hall–Kier alpha value is -0.780. The average Bonchev–Trinajstić information content (AvgIpc) is 2.66. The molecule has 0 radical (unpaired) electrons. The van der Waals surface area contributed by atoms with E-state index in [4.69, 9.17) is 4.42 Å². The Balaban J connectivity index is 2.32. The first-order chi connectivity index (χ1) is 8.06. The molecule has 2 rings (SSSR count). The zero-order valence-electron chi connectivity index (χ0n) is 9.48. The number of hydrogen-bond donors (Lipinski definition) is 1. The molecule has 1 aromatic carbocycles. The summed E-state index contributed by atoms with van der Waals surface area (Å²) in [6.45, 7) is 3.62. The van der Waals surface area contributed by atoms with Crippen molar-refractivity contribution in [3.8, 4) is 0 Å². The highest BCUT2D eigenvalue weighted by Gasteiger charge is 2.12. The fraction of sp³-hybridized carbons (Fsp3) is 0.250. The second-order valence-corrected chi connectivity index (χ2v) is 5.62. The third kappa shape index (κ3) is 3.12. The molecule has 0 spiro atoms. The van der Waals surface area contributed by atoms with Gasteiger partial charge in [0, 0.05) is 9.37 Å². The zero-order chi connectivity index (χ0) is 12.4. The van der Waals surface area contributed by atoms with Crippen LogP contribution in [0.5, 0.6) is 0 Å². The molecule has 5 heteroatoms. The molecule has 0 bridgehead atoms. The van der Waals surface area contributed by atoms with E-state index in [-0.39, 0.29) is 0 Å². The second-order valence-electron chi connectivity index (χ2n) is 3.71. The molecule has 1 atom stereocenters.